The summed E-state index contributed by atoms with van der Waals surface area (Å²) in [6.45, 7) is 4.41. The summed E-state index contributed by atoms with van der Waals surface area (Å²) in [6.07, 6.45) is 2.93. The molecule has 0 saturated heterocycles. The Morgan fingerprint density at radius 2 is 2.00 bits per heavy atom. The maximum Gasteiger partial charge on any atom is 0.240 e. The monoisotopic (exact) mass is 283 g/mol. The quantitative estimate of drug-likeness (QED) is 0.837. The molecule has 0 amide bonds. The van der Waals surface area contributed by atoms with Gasteiger partial charge in [0.15, 0.2) is 0 Å². The van der Waals surface area contributed by atoms with Gasteiger partial charge in [0.05, 0.1) is 11.5 Å². The lowest BCUT2D eigenvalue weighted by atomic mass is 10.1. The number of aliphatic hydroxyl groups is 1. The van der Waals surface area contributed by atoms with E-state index in [0.717, 1.165) is 24.8 Å². The fraction of sp³-hybridized carbons (Fsp3) is 0.571. The zero-order chi connectivity index (χ0) is 14.1. The molecule has 106 valence electrons. The second-order valence-corrected chi connectivity index (χ2v) is 7.34. The van der Waals surface area contributed by atoms with E-state index >= 15 is 0 Å². The van der Waals surface area contributed by atoms with E-state index in [2.05, 4.69) is 11.6 Å². The van der Waals surface area contributed by atoms with Crippen LogP contribution in [0.4, 0.5) is 0 Å². The largest absolute Gasteiger partial charge is 0.392 e. The third-order valence-electron chi connectivity index (χ3n) is 3.83. The molecule has 19 heavy (non-hydrogen) atoms. The second-order valence-electron chi connectivity index (χ2n) is 5.58. The number of nitrogens with one attached hydrogen (secondary N) is 1. The zero-order valence-electron chi connectivity index (χ0n) is 11.4. The van der Waals surface area contributed by atoms with Crippen LogP contribution in [0, 0.1) is 5.41 Å². The van der Waals surface area contributed by atoms with Crippen molar-refractivity contribution in [1.29, 1.82) is 0 Å². The van der Waals surface area contributed by atoms with Crippen molar-refractivity contribution in [3.8, 4) is 0 Å². The van der Waals surface area contributed by atoms with Crippen molar-refractivity contribution >= 4 is 10.0 Å². The lowest BCUT2D eigenvalue weighted by molar-refractivity contribution is 0.280. The summed E-state index contributed by atoms with van der Waals surface area (Å²) in [5.41, 5.74) is 1.80. The van der Waals surface area contributed by atoms with Crippen molar-refractivity contribution < 1.29 is 13.5 Å². The fourth-order valence-electron chi connectivity index (χ4n) is 2.00. The Morgan fingerprint density at radius 1 is 1.32 bits per heavy atom. The van der Waals surface area contributed by atoms with E-state index in [1.54, 1.807) is 18.2 Å². The van der Waals surface area contributed by atoms with Crippen molar-refractivity contribution in [3.05, 3.63) is 29.3 Å². The number of rotatable bonds is 6. The second kappa shape index (κ2) is 5.23. The zero-order valence-corrected chi connectivity index (χ0v) is 12.3. The Morgan fingerprint density at radius 3 is 2.53 bits per heavy atom. The lowest BCUT2D eigenvalue weighted by Gasteiger charge is -2.13. The van der Waals surface area contributed by atoms with Gasteiger partial charge >= 0.3 is 0 Å². The summed E-state index contributed by atoms with van der Waals surface area (Å²) >= 11 is 0. The van der Waals surface area contributed by atoms with Gasteiger partial charge in [-0.2, -0.15) is 0 Å². The van der Waals surface area contributed by atoms with Gasteiger partial charge in [-0.25, -0.2) is 13.1 Å². The molecule has 0 atom stereocenters. The fourth-order valence-corrected chi connectivity index (χ4v) is 3.25. The van der Waals surface area contributed by atoms with Crippen LogP contribution in [0.25, 0.3) is 0 Å². The minimum atomic E-state index is -3.47. The van der Waals surface area contributed by atoms with Crippen molar-refractivity contribution in [2.45, 2.75) is 44.6 Å². The predicted molar refractivity (Wildman–Crippen MR) is 74.3 cm³/mol. The topological polar surface area (TPSA) is 66.4 Å². The SMILES string of the molecule is CCc1ccc(S(=O)(=O)NCC2(C)CC2)cc1CO. The molecule has 0 aliphatic heterocycles. The Labute approximate surface area is 114 Å². The Kier molecular flexibility index (Phi) is 3.99. The van der Waals surface area contributed by atoms with Crippen LogP contribution >= 0.6 is 0 Å². The van der Waals surface area contributed by atoms with Gasteiger partial charge in [0, 0.05) is 6.54 Å². The van der Waals surface area contributed by atoms with E-state index in [1.807, 2.05) is 6.92 Å². The van der Waals surface area contributed by atoms with Gasteiger partial charge in [-0.05, 0) is 47.9 Å². The van der Waals surface area contributed by atoms with Crippen LogP contribution in [0.2, 0.25) is 0 Å². The smallest absolute Gasteiger partial charge is 0.240 e. The number of hydrogen-bond acceptors (Lipinski definition) is 3. The van der Waals surface area contributed by atoms with Gasteiger partial charge in [-0.15, -0.1) is 0 Å². The first-order chi connectivity index (χ1) is 8.90. The van der Waals surface area contributed by atoms with Gasteiger partial charge in [-0.1, -0.05) is 19.9 Å². The Balaban J connectivity index is 2.19. The molecule has 2 rings (SSSR count). The van der Waals surface area contributed by atoms with Gasteiger partial charge in [0.1, 0.15) is 0 Å². The van der Waals surface area contributed by atoms with E-state index in [0.29, 0.717) is 12.1 Å². The van der Waals surface area contributed by atoms with Gasteiger partial charge < -0.3 is 5.11 Å². The number of aliphatic hydroxyl groups excluding tert-OH is 1. The molecule has 1 aliphatic carbocycles. The van der Waals surface area contributed by atoms with Crippen LogP contribution in [0.15, 0.2) is 23.1 Å². The van der Waals surface area contributed by atoms with Crippen LogP contribution in [0.1, 0.15) is 37.8 Å². The number of benzene rings is 1. The molecule has 1 aromatic carbocycles. The normalized spacial score (nSPS) is 17.4. The molecular formula is C14H21NO3S. The number of aryl methyl sites for hydroxylation is 1. The Bertz CT molecular complexity index is 562. The van der Waals surface area contributed by atoms with Gasteiger partial charge in [-0.3, -0.25) is 0 Å². The highest BCUT2D eigenvalue weighted by Gasteiger charge is 2.38. The summed E-state index contributed by atoms with van der Waals surface area (Å²) in [4.78, 5) is 0.234. The van der Waals surface area contributed by atoms with Gasteiger partial charge in [0.2, 0.25) is 10.0 Å². The molecule has 0 spiro atoms. The molecule has 0 aromatic heterocycles. The highest BCUT2D eigenvalue weighted by atomic mass is 32.2. The lowest BCUT2D eigenvalue weighted by Crippen LogP contribution is -2.29. The molecule has 2 N–H and O–H groups in total. The van der Waals surface area contributed by atoms with Crippen LogP contribution < -0.4 is 4.72 Å². The maximum atomic E-state index is 12.2. The highest BCUT2D eigenvalue weighted by Crippen LogP contribution is 2.44. The first-order valence-corrected chi connectivity index (χ1v) is 8.11. The molecule has 0 bridgehead atoms. The molecule has 0 radical (unpaired) electrons. The predicted octanol–water partition coefficient (Wildman–Crippen LogP) is 1.82. The average molecular weight is 283 g/mol. The van der Waals surface area contributed by atoms with Crippen LogP contribution in [0.3, 0.4) is 0 Å². The molecule has 1 fully saturated rings. The third-order valence-corrected chi connectivity index (χ3v) is 5.23. The standard InChI is InChI=1S/C14H21NO3S/c1-3-11-4-5-13(8-12(11)9-16)19(17,18)15-10-14(2)6-7-14/h4-5,8,15-16H,3,6-7,9-10H2,1-2H3. The van der Waals surface area contributed by atoms with Crippen LogP contribution in [0.5, 0.6) is 0 Å². The first-order valence-electron chi connectivity index (χ1n) is 6.62. The van der Waals surface area contributed by atoms with Crippen LogP contribution in [-0.2, 0) is 23.1 Å². The Hall–Kier alpha value is -0.910. The summed E-state index contributed by atoms with van der Waals surface area (Å²) in [6, 6.07) is 4.95. The molecule has 0 heterocycles. The van der Waals surface area contributed by atoms with E-state index in [9.17, 15) is 13.5 Å². The molecule has 1 saturated carbocycles. The minimum Gasteiger partial charge on any atom is -0.392 e. The van der Waals surface area contributed by atoms with Crippen LogP contribution in [-0.4, -0.2) is 20.1 Å². The molecule has 0 unspecified atom stereocenters. The maximum absolute atomic E-state index is 12.2. The molecule has 1 aliphatic rings. The van der Waals surface area contributed by atoms with E-state index < -0.39 is 10.0 Å². The number of hydrogen-bond donors (Lipinski definition) is 2. The average Bonchev–Trinajstić information content (AvgIpc) is 3.14. The van der Waals surface area contributed by atoms with E-state index in [1.165, 1.54) is 0 Å². The summed E-state index contributed by atoms with van der Waals surface area (Å²) in [5, 5.41) is 9.29. The number of sulfonamides is 1. The summed E-state index contributed by atoms with van der Waals surface area (Å²) < 4.78 is 27.0. The summed E-state index contributed by atoms with van der Waals surface area (Å²) in [7, 11) is -3.47. The summed E-state index contributed by atoms with van der Waals surface area (Å²) in [5.74, 6) is 0. The van der Waals surface area contributed by atoms with Crippen molar-refractivity contribution in [2.24, 2.45) is 5.41 Å². The molecule has 1 aromatic rings. The van der Waals surface area contributed by atoms with Gasteiger partial charge in [0.25, 0.3) is 0 Å². The minimum absolute atomic E-state index is 0.135. The first kappa shape index (κ1) is 14.5. The van der Waals surface area contributed by atoms with Crippen molar-refractivity contribution in [3.63, 3.8) is 0 Å². The molecule has 4 nitrogen and oxygen atoms in total. The van der Waals surface area contributed by atoms with Crippen molar-refractivity contribution in [1.82, 2.24) is 4.72 Å². The van der Waals surface area contributed by atoms with E-state index in [4.69, 9.17) is 0 Å². The van der Waals surface area contributed by atoms with E-state index in [-0.39, 0.29) is 16.9 Å². The van der Waals surface area contributed by atoms with Crippen molar-refractivity contribution in [2.75, 3.05) is 6.54 Å². The highest BCUT2D eigenvalue weighted by molar-refractivity contribution is 7.89. The molecule has 5 heteroatoms. The molecular weight excluding hydrogens is 262 g/mol. The third kappa shape index (κ3) is 3.35.